The maximum absolute atomic E-state index is 10.2. The van der Waals surface area contributed by atoms with E-state index in [4.69, 9.17) is 0 Å². The number of nitrogens with one attached hydrogen (secondary N) is 1. The molecule has 1 N–H and O–H groups in total. The second-order valence-electron chi connectivity index (χ2n) is 1.90. The minimum Gasteiger partial charge on any atom is -0.548 e. The number of carbonyl (C=O) groups excluding carboxylic acids is 1. The zero-order valence-electron chi connectivity index (χ0n) is 4.92. The van der Waals surface area contributed by atoms with Crippen molar-refractivity contribution in [1.82, 2.24) is 5.32 Å². The number of thioether (sulfide) groups is 1. The fraction of sp³-hybridized carbons (Fsp3) is 0.800. The fourth-order valence-corrected chi connectivity index (χ4v) is 1.64. The molecule has 0 spiro atoms. The average molecular weight is 146 g/mol. The maximum atomic E-state index is 10.2. The molecule has 1 aliphatic rings. The van der Waals surface area contributed by atoms with Gasteiger partial charge in [-0.2, -0.15) is 11.8 Å². The first kappa shape index (κ1) is 6.89. The first-order valence-corrected chi connectivity index (χ1v) is 3.98. The van der Waals surface area contributed by atoms with Gasteiger partial charge in [-0.25, -0.2) is 0 Å². The summed E-state index contributed by atoms with van der Waals surface area (Å²) in [6, 6.07) is -0.427. The van der Waals surface area contributed by atoms with Crippen molar-refractivity contribution < 1.29 is 9.90 Å². The van der Waals surface area contributed by atoms with Gasteiger partial charge in [0.05, 0.1) is 12.0 Å². The summed E-state index contributed by atoms with van der Waals surface area (Å²) in [4.78, 5) is 10.2. The van der Waals surface area contributed by atoms with Gasteiger partial charge in [0.15, 0.2) is 0 Å². The van der Waals surface area contributed by atoms with E-state index in [2.05, 4.69) is 5.32 Å². The standard InChI is InChI=1S/C5H9NO2S/c7-5(8)4-3-9-2-1-6-4/h4,6H,1-3H2,(H,7,8)/p-1. The predicted octanol–water partition coefficient (Wildman–Crippen LogP) is -1.56. The summed E-state index contributed by atoms with van der Waals surface area (Å²) < 4.78 is 0. The van der Waals surface area contributed by atoms with Gasteiger partial charge in [0.1, 0.15) is 0 Å². The van der Waals surface area contributed by atoms with Crippen LogP contribution in [0.5, 0.6) is 0 Å². The van der Waals surface area contributed by atoms with Gasteiger partial charge in [0.25, 0.3) is 0 Å². The van der Waals surface area contributed by atoms with Crippen LogP contribution in [0.3, 0.4) is 0 Å². The molecule has 9 heavy (non-hydrogen) atoms. The highest BCUT2D eigenvalue weighted by Gasteiger charge is 2.12. The molecular weight excluding hydrogens is 138 g/mol. The molecule has 0 amide bonds. The lowest BCUT2D eigenvalue weighted by atomic mass is 10.3. The lowest BCUT2D eigenvalue weighted by Crippen LogP contribution is -2.49. The maximum Gasteiger partial charge on any atom is 0.0592 e. The molecule has 0 aliphatic carbocycles. The Kier molecular flexibility index (Phi) is 2.36. The molecule has 1 saturated heterocycles. The van der Waals surface area contributed by atoms with Gasteiger partial charge in [-0.05, 0) is 0 Å². The first-order chi connectivity index (χ1) is 4.30. The molecular formula is C5H8NO2S-. The highest BCUT2D eigenvalue weighted by Crippen LogP contribution is 2.06. The Balaban J connectivity index is 2.31. The summed E-state index contributed by atoms with van der Waals surface area (Å²) in [6.07, 6.45) is 0. The van der Waals surface area contributed by atoms with Gasteiger partial charge in [-0.1, -0.05) is 0 Å². The quantitative estimate of drug-likeness (QED) is 0.486. The lowest BCUT2D eigenvalue weighted by Gasteiger charge is -2.23. The van der Waals surface area contributed by atoms with Gasteiger partial charge in [-0.3, -0.25) is 0 Å². The second-order valence-corrected chi connectivity index (χ2v) is 3.05. The molecule has 1 heterocycles. The Morgan fingerprint density at radius 3 is 2.89 bits per heavy atom. The van der Waals surface area contributed by atoms with Gasteiger partial charge in [-0.15, -0.1) is 0 Å². The molecule has 0 aromatic rings. The number of hydrogen-bond donors (Lipinski definition) is 1. The largest absolute Gasteiger partial charge is 0.548 e. The first-order valence-electron chi connectivity index (χ1n) is 2.82. The van der Waals surface area contributed by atoms with E-state index < -0.39 is 12.0 Å². The molecule has 52 valence electrons. The van der Waals surface area contributed by atoms with E-state index in [-0.39, 0.29) is 0 Å². The molecule has 0 saturated carbocycles. The van der Waals surface area contributed by atoms with Crippen LogP contribution >= 0.6 is 11.8 Å². The number of carboxylic acid groups (broad SMARTS) is 1. The van der Waals surface area contributed by atoms with Gasteiger partial charge < -0.3 is 15.2 Å². The van der Waals surface area contributed by atoms with Crippen molar-refractivity contribution in [2.75, 3.05) is 18.1 Å². The van der Waals surface area contributed by atoms with E-state index in [1.54, 1.807) is 11.8 Å². The number of rotatable bonds is 1. The Bertz CT molecular complexity index is 112. The van der Waals surface area contributed by atoms with E-state index in [0.29, 0.717) is 5.75 Å². The summed E-state index contributed by atoms with van der Waals surface area (Å²) >= 11 is 1.65. The third-order valence-corrected chi connectivity index (χ3v) is 2.27. The molecule has 1 unspecified atom stereocenters. The minimum atomic E-state index is -0.984. The van der Waals surface area contributed by atoms with Crippen LogP contribution < -0.4 is 10.4 Å². The van der Waals surface area contributed by atoms with Crippen molar-refractivity contribution in [1.29, 1.82) is 0 Å². The number of hydrogen-bond acceptors (Lipinski definition) is 4. The van der Waals surface area contributed by atoms with Gasteiger partial charge in [0, 0.05) is 18.1 Å². The molecule has 1 aliphatic heterocycles. The van der Waals surface area contributed by atoms with Crippen molar-refractivity contribution >= 4 is 17.7 Å². The summed E-state index contributed by atoms with van der Waals surface area (Å²) in [7, 11) is 0. The third kappa shape index (κ3) is 1.87. The highest BCUT2D eigenvalue weighted by atomic mass is 32.2. The Morgan fingerprint density at radius 1 is 1.78 bits per heavy atom. The van der Waals surface area contributed by atoms with E-state index >= 15 is 0 Å². The lowest BCUT2D eigenvalue weighted by molar-refractivity contribution is -0.307. The zero-order chi connectivity index (χ0) is 6.69. The summed E-state index contributed by atoms with van der Waals surface area (Å²) in [5.74, 6) is 0.661. The molecule has 1 atom stereocenters. The topological polar surface area (TPSA) is 52.2 Å². The van der Waals surface area contributed by atoms with Crippen LogP contribution in [0.2, 0.25) is 0 Å². The van der Waals surface area contributed by atoms with Crippen molar-refractivity contribution in [3.05, 3.63) is 0 Å². The van der Waals surface area contributed by atoms with Crippen molar-refractivity contribution in [3.8, 4) is 0 Å². The second kappa shape index (κ2) is 3.08. The SMILES string of the molecule is O=C([O-])C1CSCCN1. The number of aliphatic carboxylic acids is 1. The predicted molar refractivity (Wildman–Crippen MR) is 34.1 cm³/mol. The number of carboxylic acids is 1. The third-order valence-electron chi connectivity index (χ3n) is 1.21. The van der Waals surface area contributed by atoms with Crippen LogP contribution in [-0.2, 0) is 4.79 Å². The molecule has 0 aromatic carbocycles. The van der Waals surface area contributed by atoms with E-state index in [1.165, 1.54) is 0 Å². The zero-order valence-corrected chi connectivity index (χ0v) is 5.74. The molecule has 3 nitrogen and oxygen atoms in total. The van der Waals surface area contributed by atoms with E-state index in [0.717, 1.165) is 12.3 Å². The van der Waals surface area contributed by atoms with Crippen molar-refractivity contribution in [3.63, 3.8) is 0 Å². The average Bonchev–Trinajstić information content (AvgIpc) is 1.90. The molecule has 4 heteroatoms. The van der Waals surface area contributed by atoms with Crippen LogP contribution in [0.4, 0.5) is 0 Å². The van der Waals surface area contributed by atoms with Gasteiger partial charge in [0.2, 0.25) is 0 Å². The molecule has 0 bridgehead atoms. The van der Waals surface area contributed by atoms with Crippen LogP contribution in [0.25, 0.3) is 0 Å². The molecule has 0 radical (unpaired) electrons. The monoisotopic (exact) mass is 146 g/mol. The van der Waals surface area contributed by atoms with Crippen LogP contribution in [0, 0.1) is 0 Å². The Morgan fingerprint density at radius 2 is 2.56 bits per heavy atom. The highest BCUT2D eigenvalue weighted by molar-refractivity contribution is 7.99. The normalized spacial score (nSPS) is 27.8. The van der Waals surface area contributed by atoms with E-state index in [9.17, 15) is 9.90 Å². The summed E-state index contributed by atoms with van der Waals surface area (Å²) in [5, 5.41) is 13.0. The Hall–Kier alpha value is -0.220. The van der Waals surface area contributed by atoms with Crippen LogP contribution in [0.15, 0.2) is 0 Å². The van der Waals surface area contributed by atoms with Crippen LogP contribution in [-0.4, -0.2) is 30.1 Å². The Labute approximate surface area is 57.8 Å². The molecule has 0 aromatic heterocycles. The van der Waals surface area contributed by atoms with Gasteiger partial charge >= 0.3 is 0 Å². The smallest absolute Gasteiger partial charge is 0.0592 e. The molecule has 1 fully saturated rings. The summed E-state index contributed by atoms with van der Waals surface area (Å²) in [5.41, 5.74) is 0. The summed E-state index contributed by atoms with van der Waals surface area (Å²) in [6.45, 7) is 0.781. The fourth-order valence-electron chi connectivity index (χ4n) is 0.717. The van der Waals surface area contributed by atoms with E-state index in [1.807, 2.05) is 0 Å². The minimum absolute atomic E-state index is 0.427. The molecule has 1 rings (SSSR count). The van der Waals surface area contributed by atoms with Crippen molar-refractivity contribution in [2.24, 2.45) is 0 Å². The van der Waals surface area contributed by atoms with Crippen molar-refractivity contribution in [2.45, 2.75) is 6.04 Å². The number of carbonyl (C=O) groups is 1. The van der Waals surface area contributed by atoms with Crippen LogP contribution in [0.1, 0.15) is 0 Å².